The van der Waals surface area contributed by atoms with Crippen LogP contribution in [0.2, 0.25) is 0 Å². The van der Waals surface area contributed by atoms with Gasteiger partial charge in [-0.05, 0) is 29.8 Å². The van der Waals surface area contributed by atoms with Crippen LogP contribution in [0.3, 0.4) is 0 Å². The van der Waals surface area contributed by atoms with Crippen molar-refractivity contribution in [3.8, 4) is 5.75 Å². The molecule has 1 aromatic heterocycles. The van der Waals surface area contributed by atoms with Gasteiger partial charge in [0.05, 0.1) is 7.11 Å². The second-order valence-corrected chi connectivity index (χ2v) is 5.53. The maximum atomic E-state index is 12.4. The van der Waals surface area contributed by atoms with Gasteiger partial charge in [0.1, 0.15) is 5.56 Å². The van der Waals surface area contributed by atoms with Crippen LogP contribution in [-0.2, 0) is 11.2 Å². The Morgan fingerprint density at radius 2 is 1.88 bits per heavy atom. The van der Waals surface area contributed by atoms with Crippen molar-refractivity contribution in [2.45, 2.75) is 6.42 Å². The number of aliphatic carboxylic acids is 1. The summed E-state index contributed by atoms with van der Waals surface area (Å²) in [5.41, 5.74) is 0.295. The summed E-state index contributed by atoms with van der Waals surface area (Å²) in [6, 6.07) is 12.7. The number of carbonyl (C=O) groups excluding carboxylic acids is 2. The number of carboxylic acid groups (broad SMARTS) is 1. The largest absolute Gasteiger partial charge is 0.550 e. The van der Waals surface area contributed by atoms with Crippen molar-refractivity contribution in [1.29, 1.82) is 0 Å². The monoisotopic (exact) mass is 352 g/mol. The topological polar surface area (TPSA) is 109 Å². The van der Waals surface area contributed by atoms with Crippen LogP contribution in [0.4, 0.5) is 5.69 Å². The van der Waals surface area contributed by atoms with Crippen molar-refractivity contribution in [1.82, 2.24) is 0 Å². The van der Waals surface area contributed by atoms with E-state index in [0.717, 1.165) is 0 Å². The third-order valence-corrected chi connectivity index (χ3v) is 3.75. The minimum absolute atomic E-state index is 0.149. The average molecular weight is 352 g/mol. The summed E-state index contributed by atoms with van der Waals surface area (Å²) in [4.78, 5) is 35.1. The van der Waals surface area contributed by atoms with E-state index in [2.05, 4.69) is 5.32 Å². The highest BCUT2D eigenvalue weighted by Crippen LogP contribution is 2.24. The van der Waals surface area contributed by atoms with Crippen molar-refractivity contribution in [3.63, 3.8) is 0 Å². The lowest BCUT2D eigenvalue weighted by Crippen LogP contribution is -2.24. The van der Waals surface area contributed by atoms with E-state index in [4.69, 9.17) is 9.15 Å². The fourth-order valence-corrected chi connectivity index (χ4v) is 2.51. The summed E-state index contributed by atoms with van der Waals surface area (Å²) < 4.78 is 10.4. The van der Waals surface area contributed by atoms with Gasteiger partial charge in [-0.2, -0.15) is 0 Å². The highest BCUT2D eigenvalue weighted by molar-refractivity contribution is 6.05. The zero-order valence-corrected chi connectivity index (χ0v) is 13.8. The van der Waals surface area contributed by atoms with Gasteiger partial charge in [-0.15, -0.1) is 0 Å². The van der Waals surface area contributed by atoms with Crippen LogP contribution in [-0.4, -0.2) is 19.0 Å². The molecule has 7 heteroatoms. The molecule has 0 atom stereocenters. The molecule has 1 heterocycles. The van der Waals surface area contributed by atoms with Gasteiger partial charge < -0.3 is 24.4 Å². The number of carboxylic acids is 1. The van der Waals surface area contributed by atoms with Crippen LogP contribution in [0.5, 0.6) is 5.75 Å². The summed E-state index contributed by atoms with van der Waals surface area (Å²) >= 11 is 0. The zero-order chi connectivity index (χ0) is 18.7. The number of amides is 1. The van der Waals surface area contributed by atoms with Crippen LogP contribution in [0.15, 0.2) is 57.7 Å². The number of rotatable bonds is 5. The van der Waals surface area contributed by atoms with Gasteiger partial charge >= 0.3 is 5.63 Å². The van der Waals surface area contributed by atoms with E-state index in [-0.39, 0.29) is 17.6 Å². The molecule has 1 N–H and O–H groups in total. The maximum absolute atomic E-state index is 12.4. The van der Waals surface area contributed by atoms with Crippen molar-refractivity contribution >= 4 is 28.5 Å². The maximum Gasteiger partial charge on any atom is 0.349 e. The molecule has 0 aliphatic rings. The van der Waals surface area contributed by atoms with Gasteiger partial charge in [0.2, 0.25) is 0 Å². The molecule has 26 heavy (non-hydrogen) atoms. The molecule has 0 spiro atoms. The quantitative estimate of drug-likeness (QED) is 0.694. The van der Waals surface area contributed by atoms with E-state index in [1.165, 1.54) is 13.2 Å². The van der Waals surface area contributed by atoms with Gasteiger partial charge in [0.15, 0.2) is 11.3 Å². The summed E-state index contributed by atoms with van der Waals surface area (Å²) in [6.45, 7) is 0. The predicted molar refractivity (Wildman–Crippen MR) is 92.1 cm³/mol. The zero-order valence-electron chi connectivity index (χ0n) is 13.8. The average Bonchev–Trinajstić information content (AvgIpc) is 2.61. The number of carbonyl (C=O) groups is 2. The summed E-state index contributed by atoms with van der Waals surface area (Å²) in [6.07, 6.45) is -0.218. The first-order chi connectivity index (χ1) is 12.5. The lowest BCUT2D eigenvalue weighted by atomic mass is 10.1. The first-order valence-electron chi connectivity index (χ1n) is 7.69. The number of hydrogen-bond donors (Lipinski definition) is 1. The van der Waals surface area contributed by atoms with Crippen molar-refractivity contribution in [2.24, 2.45) is 0 Å². The van der Waals surface area contributed by atoms with Crippen molar-refractivity contribution in [3.05, 3.63) is 70.1 Å². The van der Waals surface area contributed by atoms with Crippen LogP contribution < -0.4 is 20.8 Å². The number of nitrogens with one attached hydrogen (secondary N) is 1. The molecule has 132 valence electrons. The van der Waals surface area contributed by atoms with Crippen LogP contribution in [0.25, 0.3) is 11.0 Å². The molecule has 1 amide bonds. The van der Waals surface area contributed by atoms with Gasteiger partial charge in [-0.1, -0.05) is 24.3 Å². The third kappa shape index (κ3) is 3.56. The fraction of sp³-hybridized carbons (Fsp3) is 0.105. The molecule has 2 aromatic carbocycles. The smallest absolute Gasteiger partial charge is 0.349 e. The molecule has 0 fully saturated rings. The summed E-state index contributed by atoms with van der Waals surface area (Å²) in [5.74, 6) is -1.42. The molecule has 7 nitrogen and oxygen atoms in total. The Balaban J connectivity index is 1.87. The summed E-state index contributed by atoms with van der Waals surface area (Å²) in [5, 5.41) is 13.7. The molecule has 0 saturated carbocycles. The minimum atomic E-state index is -1.19. The Kier molecular flexibility index (Phi) is 4.70. The molecule has 0 aliphatic carbocycles. The molecule has 0 bridgehead atoms. The predicted octanol–water partition coefficient (Wildman–Crippen LogP) is 1.35. The Bertz CT molecular complexity index is 1040. The molecular formula is C19H14NO6-. The summed E-state index contributed by atoms with van der Waals surface area (Å²) in [7, 11) is 1.46. The van der Waals surface area contributed by atoms with Crippen LogP contribution in [0, 0.1) is 0 Å². The second-order valence-electron chi connectivity index (χ2n) is 5.53. The Hall–Kier alpha value is -3.61. The molecule has 0 aliphatic heterocycles. The number of benzene rings is 2. The molecule has 0 unspecified atom stereocenters. The van der Waals surface area contributed by atoms with E-state index in [1.54, 1.807) is 42.5 Å². The van der Waals surface area contributed by atoms with Crippen LogP contribution in [0.1, 0.15) is 15.9 Å². The van der Waals surface area contributed by atoms with E-state index < -0.39 is 17.5 Å². The lowest BCUT2D eigenvalue weighted by molar-refractivity contribution is -0.304. The Morgan fingerprint density at radius 1 is 1.15 bits per heavy atom. The van der Waals surface area contributed by atoms with Crippen molar-refractivity contribution in [2.75, 3.05) is 12.4 Å². The molecule has 3 rings (SSSR count). The standard InChI is InChI=1S/C19H15NO6/c1-25-15-4-2-3-12-10-14(19(24)26-17(12)15)18(23)20-13-7-5-11(6-8-13)9-16(21)22/h2-8,10H,9H2,1H3,(H,20,23)(H,21,22)/p-1. The number of para-hydroxylation sites is 1. The SMILES string of the molecule is COc1cccc2cc(C(=O)Nc3ccc(CC(=O)[O-])cc3)c(=O)oc12. The second kappa shape index (κ2) is 7.10. The van der Waals surface area contributed by atoms with Gasteiger partial charge in [-0.25, -0.2) is 4.79 Å². The fourth-order valence-electron chi connectivity index (χ4n) is 2.51. The Morgan fingerprint density at radius 3 is 2.54 bits per heavy atom. The third-order valence-electron chi connectivity index (χ3n) is 3.75. The minimum Gasteiger partial charge on any atom is -0.550 e. The number of ether oxygens (including phenoxy) is 1. The Labute approximate surface area is 147 Å². The number of fused-ring (bicyclic) bond motifs is 1. The van der Waals surface area contributed by atoms with Gasteiger partial charge in [0.25, 0.3) is 5.91 Å². The number of anilines is 1. The normalized spacial score (nSPS) is 10.5. The number of methoxy groups -OCH3 is 1. The number of hydrogen-bond acceptors (Lipinski definition) is 6. The van der Waals surface area contributed by atoms with E-state index in [9.17, 15) is 19.5 Å². The lowest BCUT2D eigenvalue weighted by Gasteiger charge is -2.08. The molecular weight excluding hydrogens is 338 g/mol. The van der Waals surface area contributed by atoms with E-state index in [1.807, 2.05) is 0 Å². The molecule has 0 saturated heterocycles. The first kappa shape index (κ1) is 17.2. The first-order valence-corrected chi connectivity index (χ1v) is 7.69. The van der Waals surface area contributed by atoms with E-state index >= 15 is 0 Å². The van der Waals surface area contributed by atoms with Crippen LogP contribution >= 0.6 is 0 Å². The van der Waals surface area contributed by atoms with Crippen molar-refractivity contribution < 1.29 is 23.8 Å². The highest BCUT2D eigenvalue weighted by Gasteiger charge is 2.15. The highest BCUT2D eigenvalue weighted by atomic mass is 16.5. The van der Waals surface area contributed by atoms with Gasteiger partial charge in [-0.3, -0.25) is 4.79 Å². The molecule has 0 radical (unpaired) electrons. The molecule has 3 aromatic rings. The van der Waals surface area contributed by atoms with Gasteiger partial charge in [0, 0.05) is 23.5 Å². The van der Waals surface area contributed by atoms with E-state index in [0.29, 0.717) is 22.4 Å².